The summed E-state index contributed by atoms with van der Waals surface area (Å²) >= 11 is 1.44. The van der Waals surface area contributed by atoms with Crippen LogP contribution in [0.15, 0.2) is 29.2 Å². The Labute approximate surface area is 129 Å². The Morgan fingerprint density at radius 3 is 2.52 bits per heavy atom. The van der Waals surface area contributed by atoms with Crippen LogP contribution in [-0.2, 0) is 9.59 Å². The van der Waals surface area contributed by atoms with Gasteiger partial charge >= 0.3 is 0 Å². The number of hydrogen-bond acceptors (Lipinski definition) is 4. The molecule has 0 spiro atoms. The Balaban J connectivity index is 1.67. The molecule has 114 valence electrons. The lowest BCUT2D eigenvalue weighted by Crippen LogP contribution is -2.39. The van der Waals surface area contributed by atoms with Crippen molar-refractivity contribution in [2.75, 3.05) is 32.5 Å². The molecule has 1 fully saturated rings. The molecule has 5 nitrogen and oxygen atoms in total. The molecule has 0 atom stereocenters. The maximum atomic E-state index is 11.8. The van der Waals surface area contributed by atoms with Crippen molar-refractivity contribution in [3.8, 4) is 5.75 Å². The van der Waals surface area contributed by atoms with Gasteiger partial charge in [-0.1, -0.05) is 0 Å². The van der Waals surface area contributed by atoms with Gasteiger partial charge in [0.05, 0.1) is 19.4 Å². The molecule has 0 unspecified atom stereocenters. The normalized spacial score (nSPS) is 14.0. The minimum atomic E-state index is -0.122. The zero-order valence-corrected chi connectivity index (χ0v) is 12.9. The van der Waals surface area contributed by atoms with Gasteiger partial charge in [0.1, 0.15) is 5.75 Å². The van der Waals surface area contributed by atoms with E-state index >= 15 is 0 Å². The highest BCUT2D eigenvalue weighted by atomic mass is 32.2. The highest BCUT2D eigenvalue weighted by molar-refractivity contribution is 8.00. The van der Waals surface area contributed by atoms with Crippen molar-refractivity contribution in [2.24, 2.45) is 0 Å². The number of benzene rings is 1. The van der Waals surface area contributed by atoms with E-state index in [9.17, 15) is 9.59 Å². The summed E-state index contributed by atoms with van der Waals surface area (Å²) in [6, 6.07) is 7.53. The van der Waals surface area contributed by atoms with Gasteiger partial charge in [-0.05, 0) is 37.1 Å². The van der Waals surface area contributed by atoms with E-state index in [1.54, 1.807) is 12.0 Å². The number of methoxy groups -OCH3 is 1. The van der Waals surface area contributed by atoms with Crippen LogP contribution < -0.4 is 10.1 Å². The molecule has 1 aromatic carbocycles. The molecule has 0 saturated carbocycles. The molecule has 21 heavy (non-hydrogen) atoms. The molecule has 0 aromatic heterocycles. The molecule has 1 aliphatic heterocycles. The van der Waals surface area contributed by atoms with Gasteiger partial charge in [0.25, 0.3) is 0 Å². The summed E-state index contributed by atoms with van der Waals surface area (Å²) in [6.07, 6.45) is 2.13. The molecule has 1 aliphatic rings. The topological polar surface area (TPSA) is 58.6 Å². The molecule has 1 heterocycles. The van der Waals surface area contributed by atoms with Crippen LogP contribution in [0, 0.1) is 0 Å². The second-order valence-corrected chi connectivity index (χ2v) is 5.88. The summed E-state index contributed by atoms with van der Waals surface area (Å²) in [5.41, 5.74) is 0. The fourth-order valence-electron chi connectivity index (χ4n) is 2.12. The molecular weight excluding hydrogens is 288 g/mol. The van der Waals surface area contributed by atoms with Crippen LogP contribution in [0.1, 0.15) is 12.8 Å². The number of ether oxygens (including phenoxy) is 1. The summed E-state index contributed by atoms with van der Waals surface area (Å²) < 4.78 is 5.08. The first-order valence-electron chi connectivity index (χ1n) is 7.00. The first kappa shape index (κ1) is 15.7. The molecule has 0 aliphatic carbocycles. The van der Waals surface area contributed by atoms with E-state index in [0.717, 1.165) is 36.6 Å². The maximum absolute atomic E-state index is 11.8. The van der Waals surface area contributed by atoms with Crippen LogP contribution in [0.3, 0.4) is 0 Å². The highest BCUT2D eigenvalue weighted by Gasteiger charge is 2.17. The Hall–Kier alpha value is -1.69. The van der Waals surface area contributed by atoms with Crippen molar-refractivity contribution in [1.29, 1.82) is 0 Å². The average Bonchev–Trinajstić information content (AvgIpc) is 3.05. The van der Waals surface area contributed by atoms with E-state index in [2.05, 4.69) is 5.32 Å². The van der Waals surface area contributed by atoms with Crippen LogP contribution in [-0.4, -0.2) is 49.2 Å². The third kappa shape index (κ3) is 4.97. The lowest BCUT2D eigenvalue weighted by atomic mass is 10.3. The number of amides is 2. The van der Waals surface area contributed by atoms with Gasteiger partial charge in [0.15, 0.2) is 0 Å². The van der Waals surface area contributed by atoms with Gasteiger partial charge in [-0.2, -0.15) is 0 Å². The smallest absolute Gasteiger partial charge is 0.241 e. The zero-order valence-electron chi connectivity index (χ0n) is 12.1. The average molecular weight is 308 g/mol. The lowest BCUT2D eigenvalue weighted by Gasteiger charge is -2.15. The summed E-state index contributed by atoms with van der Waals surface area (Å²) in [6.45, 7) is 1.73. The van der Waals surface area contributed by atoms with Crippen molar-refractivity contribution in [3.63, 3.8) is 0 Å². The van der Waals surface area contributed by atoms with Crippen molar-refractivity contribution in [2.45, 2.75) is 17.7 Å². The Kier molecular flexibility index (Phi) is 5.92. The van der Waals surface area contributed by atoms with E-state index in [-0.39, 0.29) is 18.4 Å². The minimum absolute atomic E-state index is 0.00953. The summed E-state index contributed by atoms with van der Waals surface area (Å²) in [5.74, 6) is 0.984. The Morgan fingerprint density at radius 1 is 1.24 bits per heavy atom. The van der Waals surface area contributed by atoms with Gasteiger partial charge < -0.3 is 15.0 Å². The lowest BCUT2D eigenvalue weighted by molar-refractivity contribution is -0.131. The molecule has 1 saturated heterocycles. The quantitative estimate of drug-likeness (QED) is 0.810. The van der Waals surface area contributed by atoms with Gasteiger partial charge in [-0.3, -0.25) is 9.59 Å². The number of likely N-dealkylation sites (tertiary alicyclic amines) is 1. The monoisotopic (exact) mass is 308 g/mol. The van der Waals surface area contributed by atoms with E-state index in [4.69, 9.17) is 4.74 Å². The summed E-state index contributed by atoms with van der Waals surface area (Å²) in [5, 5.41) is 2.68. The Bertz CT molecular complexity index is 484. The minimum Gasteiger partial charge on any atom is -0.497 e. The predicted molar refractivity (Wildman–Crippen MR) is 82.5 cm³/mol. The molecule has 2 rings (SSSR count). The molecule has 2 amide bonds. The number of nitrogens with one attached hydrogen (secondary N) is 1. The van der Waals surface area contributed by atoms with Gasteiger partial charge in [-0.25, -0.2) is 0 Å². The van der Waals surface area contributed by atoms with Gasteiger partial charge in [0, 0.05) is 18.0 Å². The van der Waals surface area contributed by atoms with E-state index < -0.39 is 0 Å². The van der Waals surface area contributed by atoms with Crippen LogP contribution in [0.5, 0.6) is 5.75 Å². The van der Waals surface area contributed by atoms with Crippen molar-refractivity contribution in [3.05, 3.63) is 24.3 Å². The van der Waals surface area contributed by atoms with Gasteiger partial charge in [0.2, 0.25) is 11.8 Å². The zero-order chi connectivity index (χ0) is 15.1. The molecule has 1 aromatic rings. The number of rotatable bonds is 6. The van der Waals surface area contributed by atoms with E-state index in [1.165, 1.54) is 11.8 Å². The number of nitrogens with zero attached hydrogens (tertiary/aromatic N) is 1. The van der Waals surface area contributed by atoms with Crippen molar-refractivity contribution >= 4 is 23.6 Å². The fourth-order valence-corrected chi connectivity index (χ4v) is 2.85. The Morgan fingerprint density at radius 2 is 1.90 bits per heavy atom. The highest BCUT2D eigenvalue weighted by Crippen LogP contribution is 2.20. The maximum Gasteiger partial charge on any atom is 0.241 e. The first-order chi connectivity index (χ1) is 10.2. The molecule has 0 bridgehead atoms. The fraction of sp³-hybridized carbons (Fsp3) is 0.467. The number of thioether (sulfide) groups is 1. The molecular formula is C15H20N2O3S. The summed E-state index contributed by atoms with van der Waals surface area (Å²) in [7, 11) is 1.62. The number of carbonyl (C=O) groups excluding carboxylic acids is 2. The van der Waals surface area contributed by atoms with Gasteiger partial charge in [-0.15, -0.1) is 11.8 Å². The number of hydrogen-bond donors (Lipinski definition) is 1. The standard InChI is InChI=1S/C15H20N2O3S/c1-20-12-4-6-13(7-5-12)21-11-14(18)16-10-15(19)17-8-2-3-9-17/h4-7H,2-3,8-11H2,1H3,(H,16,18). The van der Waals surface area contributed by atoms with Crippen LogP contribution >= 0.6 is 11.8 Å². The SMILES string of the molecule is COc1ccc(SCC(=O)NCC(=O)N2CCCC2)cc1. The van der Waals surface area contributed by atoms with Crippen LogP contribution in [0.25, 0.3) is 0 Å². The largest absolute Gasteiger partial charge is 0.497 e. The third-order valence-electron chi connectivity index (χ3n) is 3.32. The molecule has 6 heteroatoms. The van der Waals surface area contributed by atoms with Crippen LogP contribution in [0.2, 0.25) is 0 Å². The van der Waals surface area contributed by atoms with Crippen LogP contribution in [0.4, 0.5) is 0 Å². The van der Waals surface area contributed by atoms with Crippen molar-refractivity contribution < 1.29 is 14.3 Å². The molecule has 0 radical (unpaired) electrons. The second kappa shape index (κ2) is 7.93. The van der Waals surface area contributed by atoms with Crippen molar-refractivity contribution in [1.82, 2.24) is 10.2 Å². The van der Waals surface area contributed by atoms with E-state index in [0.29, 0.717) is 5.75 Å². The first-order valence-corrected chi connectivity index (χ1v) is 7.99. The third-order valence-corrected chi connectivity index (χ3v) is 4.34. The van der Waals surface area contributed by atoms with E-state index in [1.807, 2.05) is 24.3 Å². The molecule has 1 N–H and O–H groups in total. The second-order valence-electron chi connectivity index (χ2n) is 4.83. The number of carbonyl (C=O) groups is 2. The predicted octanol–water partition coefficient (Wildman–Crippen LogP) is 1.53. The summed E-state index contributed by atoms with van der Waals surface area (Å²) in [4.78, 5) is 26.3.